The van der Waals surface area contributed by atoms with Gasteiger partial charge in [-0.25, -0.2) is 0 Å². The Morgan fingerprint density at radius 2 is 1.09 bits per heavy atom. The number of hydrogen-bond donors (Lipinski definition) is 1. The molecule has 1 aromatic carbocycles. The van der Waals surface area contributed by atoms with E-state index in [4.69, 9.17) is 5.73 Å². The van der Waals surface area contributed by atoms with E-state index < -0.39 is 0 Å². The summed E-state index contributed by atoms with van der Waals surface area (Å²) in [6, 6.07) is 10.7. The molecule has 0 saturated carbocycles. The molecular weight excluding hydrogens is 278 g/mol. The van der Waals surface area contributed by atoms with Crippen molar-refractivity contribution < 1.29 is 0 Å². The molecule has 1 aromatic rings. The van der Waals surface area contributed by atoms with Crippen LogP contribution in [0.1, 0.15) is 108 Å². The van der Waals surface area contributed by atoms with Gasteiger partial charge < -0.3 is 5.73 Å². The van der Waals surface area contributed by atoms with E-state index in [1.54, 1.807) is 0 Å². The van der Waals surface area contributed by atoms with E-state index in [1.165, 1.54) is 89.0 Å². The van der Waals surface area contributed by atoms with Gasteiger partial charge in [-0.3, -0.25) is 0 Å². The highest BCUT2D eigenvalue weighted by Gasteiger charge is 2.04. The quantitative estimate of drug-likeness (QED) is 0.341. The Bertz CT molecular complexity index is 346. The van der Waals surface area contributed by atoms with Gasteiger partial charge in [0.05, 0.1) is 0 Å². The van der Waals surface area contributed by atoms with E-state index in [0.717, 1.165) is 6.42 Å². The molecule has 0 aliphatic carbocycles. The van der Waals surface area contributed by atoms with Gasteiger partial charge >= 0.3 is 0 Å². The molecule has 0 unspecified atom stereocenters. The van der Waals surface area contributed by atoms with Crippen molar-refractivity contribution in [1.29, 1.82) is 0 Å². The highest BCUT2D eigenvalue weighted by Crippen LogP contribution is 2.18. The van der Waals surface area contributed by atoms with E-state index in [1.807, 2.05) is 0 Å². The zero-order valence-electron chi connectivity index (χ0n) is 15.4. The molecular formula is C22H39N. The van der Waals surface area contributed by atoms with E-state index in [0.29, 0.717) is 0 Å². The minimum atomic E-state index is 0.226. The number of benzene rings is 1. The average Bonchev–Trinajstić information content (AvgIpc) is 2.59. The van der Waals surface area contributed by atoms with Gasteiger partial charge in [0.15, 0.2) is 0 Å². The summed E-state index contributed by atoms with van der Waals surface area (Å²) < 4.78 is 0. The lowest BCUT2D eigenvalue weighted by atomic mass is 10.00. The van der Waals surface area contributed by atoms with Gasteiger partial charge in [0.1, 0.15) is 0 Å². The second-order valence-electron chi connectivity index (χ2n) is 7.05. The summed E-state index contributed by atoms with van der Waals surface area (Å²) in [5.41, 5.74) is 7.52. The van der Waals surface area contributed by atoms with Crippen molar-refractivity contribution in [2.45, 2.75) is 103 Å². The molecule has 23 heavy (non-hydrogen) atoms. The van der Waals surface area contributed by atoms with E-state index in [2.05, 4.69) is 37.3 Å². The van der Waals surface area contributed by atoms with E-state index >= 15 is 0 Å². The first-order valence-electron chi connectivity index (χ1n) is 10.1. The van der Waals surface area contributed by atoms with Crippen LogP contribution in [0.25, 0.3) is 0 Å². The highest BCUT2D eigenvalue weighted by molar-refractivity contribution is 5.18. The Hall–Kier alpha value is -0.820. The summed E-state index contributed by atoms with van der Waals surface area (Å²) in [6.07, 6.45) is 19.5. The molecule has 132 valence electrons. The Balaban J connectivity index is 1.81. The highest BCUT2D eigenvalue weighted by atomic mass is 14.6. The monoisotopic (exact) mass is 317 g/mol. The molecule has 2 N–H and O–H groups in total. The van der Waals surface area contributed by atoms with Crippen LogP contribution in [0, 0.1) is 0 Å². The Labute approximate surface area is 145 Å². The number of nitrogens with two attached hydrogens (primary N) is 1. The van der Waals surface area contributed by atoms with Crippen LogP contribution in [-0.2, 0) is 0 Å². The van der Waals surface area contributed by atoms with Gasteiger partial charge in [0.25, 0.3) is 0 Å². The first-order chi connectivity index (χ1) is 11.3. The Kier molecular flexibility index (Phi) is 13.0. The standard InChI is InChI=1S/C22H39N/c1-2-3-4-5-6-7-8-9-10-11-12-13-17-20-22(23)21-18-15-14-16-19-21/h14-16,18-19,22H,2-13,17,20,23H2,1H3/t22-/m1/s1. The Morgan fingerprint density at radius 1 is 0.652 bits per heavy atom. The van der Waals surface area contributed by atoms with Crippen LogP contribution in [0.2, 0.25) is 0 Å². The molecule has 0 heterocycles. The molecule has 0 aromatic heterocycles. The largest absolute Gasteiger partial charge is 0.324 e. The lowest BCUT2D eigenvalue weighted by molar-refractivity contribution is 0.522. The topological polar surface area (TPSA) is 26.0 Å². The van der Waals surface area contributed by atoms with Crippen molar-refractivity contribution in [1.82, 2.24) is 0 Å². The summed E-state index contributed by atoms with van der Waals surface area (Å²) in [7, 11) is 0. The van der Waals surface area contributed by atoms with Crippen LogP contribution >= 0.6 is 0 Å². The van der Waals surface area contributed by atoms with Gasteiger partial charge in [-0.15, -0.1) is 0 Å². The maximum absolute atomic E-state index is 6.23. The minimum Gasteiger partial charge on any atom is -0.324 e. The SMILES string of the molecule is CCCCCCCCCCCCCCC[C@@H](N)c1ccccc1. The fourth-order valence-electron chi connectivity index (χ4n) is 3.25. The molecule has 1 heteroatoms. The number of unbranched alkanes of at least 4 members (excludes halogenated alkanes) is 12. The summed E-state index contributed by atoms with van der Waals surface area (Å²) in [5, 5.41) is 0. The maximum atomic E-state index is 6.23. The third-order valence-electron chi connectivity index (χ3n) is 4.85. The molecule has 0 saturated heterocycles. The average molecular weight is 318 g/mol. The molecule has 0 aliphatic heterocycles. The van der Waals surface area contributed by atoms with Crippen molar-refractivity contribution in [3.8, 4) is 0 Å². The van der Waals surface area contributed by atoms with E-state index in [-0.39, 0.29) is 6.04 Å². The third-order valence-corrected chi connectivity index (χ3v) is 4.85. The van der Waals surface area contributed by atoms with Crippen LogP contribution in [0.5, 0.6) is 0 Å². The van der Waals surface area contributed by atoms with Crippen LogP contribution in [0.3, 0.4) is 0 Å². The first kappa shape index (κ1) is 20.2. The molecule has 1 atom stereocenters. The van der Waals surface area contributed by atoms with Gasteiger partial charge in [-0.1, -0.05) is 121 Å². The minimum absolute atomic E-state index is 0.226. The molecule has 0 bridgehead atoms. The van der Waals surface area contributed by atoms with Crippen LogP contribution < -0.4 is 5.73 Å². The molecule has 0 fully saturated rings. The predicted molar refractivity (Wildman–Crippen MR) is 104 cm³/mol. The van der Waals surface area contributed by atoms with E-state index in [9.17, 15) is 0 Å². The predicted octanol–water partition coefficient (Wildman–Crippen LogP) is 7.17. The number of rotatable bonds is 15. The van der Waals surface area contributed by atoms with Crippen LogP contribution in [0.4, 0.5) is 0 Å². The lowest BCUT2D eigenvalue weighted by Crippen LogP contribution is -2.09. The maximum Gasteiger partial charge on any atom is 0.0294 e. The second-order valence-corrected chi connectivity index (χ2v) is 7.05. The summed E-state index contributed by atoms with van der Waals surface area (Å²) >= 11 is 0. The summed E-state index contributed by atoms with van der Waals surface area (Å²) in [4.78, 5) is 0. The fourth-order valence-corrected chi connectivity index (χ4v) is 3.25. The number of hydrogen-bond acceptors (Lipinski definition) is 1. The zero-order valence-corrected chi connectivity index (χ0v) is 15.4. The molecule has 1 nitrogen and oxygen atoms in total. The van der Waals surface area contributed by atoms with Gasteiger partial charge in [-0.2, -0.15) is 0 Å². The fraction of sp³-hybridized carbons (Fsp3) is 0.727. The first-order valence-corrected chi connectivity index (χ1v) is 10.1. The van der Waals surface area contributed by atoms with Gasteiger partial charge in [0, 0.05) is 6.04 Å². The van der Waals surface area contributed by atoms with Crippen molar-refractivity contribution in [3.05, 3.63) is 35.9 Å². The lowest BCUT2D eigenvalue weighted by Gasteiger charge is -2.11. The molecule has 0 amide bonds. The zero-order chi connectivity index (χ0) is 16.6. The second kappa shape index (κ2) is 14.8. The van der Waals surface area contributed by atoms with Crippen molar-refractivity contribution >= 4 is 0 Å². The smallest absolute Gasteiger partial charge is 0.0294 e. The van der Waals surface area contributed by atoms with Gasteiger partial charge in [0.2, 0.25) is 0 Å². The molecule has 1 rings (SSSR count). The van der Waals surface area contributed by atoms with Gasteiger partial charge in [-0.05, 0) is 12.0 Å². The summed E-state index contributed by atoms with van der Waals surface area (Å²) in [6.45, 7) is 2.29. The molecule has 0 radical (unpaired) electrons. The normalized spacial score (nSPS) is 12.4. The van der Waals surface area contributed by atoms with Crippen molar-refractivity contribution in [2.75, 3.05) is 0 Å². The summed E-state index contributed by atoms with van der Waals surface area (Å²) in [5.74, 6) is 0. The molecule has 0 spiro atoms. The molecule has 0 aliphatic rings. The van der Waals surface area contributed by atoms with Crippen molar-refractivity contribution in [3.63, 3.8) is 0 Å². The third kappa shape index (κ3) is 11.4. The Morgan fingerprint density at radius 3 is 1.57 bits per heavy atom. The van der Waals surface area contributed by atoms with Crippen LogP contribution in [-0.4, -0.2) is 0 Å². The van der Waals surface area contributed by atoms with Crippen LogP contribution in [0.15, 0.2) is 30.3 Å². The van der Waals surface area contributed by atoms with Crippen molar-refractivity contribution in [2.24, 2.45) is 5.73 Å².